The number of hydrogen-bond donors (Lipinski definition) is 3. The molecule has 17 heavy (non-hydrogen) atoms. The van der Waals surface area contributed by atoms with Gasteiger partial charge in [-0.15, -0.1) is 0 Å². The Balaban J connectivity index is 2.35. The van der Waals surface area contributed by atoms with E-state index >= 15 is 0 Å². The lowest BCUT2D eigenvalue weighted by molar-refractivity contribution is -0.137. The normalized spacial score (nSPS) is 26.0. The van der Waals surface area contributed by atoms with Crippen molar-refractivity contribution in [3.8, 4) is 0 Å². The highest BCUT2D eigenvalue weighted by molar-refractivity contribution is 5.82. The van der Waals surface area contributed by atoms with Crippen LogP contribution in [0.1, 0.15) is 6.92 Å². The number of carbonyl (C=O) groups is 1. The Labute approximate surface area is 96.1 Å². The number of hydrogen-bond acceptors (Lipinski definition) is 3. The molecular weight excluding hydrogens is 242 g/mol. The van der Waals surface area contributed by atoms with Crippen LogP contribution in [0.25, 0.3) is 0 Å². The summed E-state index contributed by atoms with van der Waals surface area (Å²) in [5.74, 6) is -4.89. The predicted octanol–water partition coefficient (Wildman–Crippen LogP) is -0.0471. The molecule has 2 atom stereocenters. The first-order valence-electron chi connectivity index (χ1n) is 5.23. The molecule has 1 aliphatic rings. The van der Waals surface area contributed by atoms with Crippen LogP contribution in [-0.2, 0) is 4.79 Å². The minimum absolute atomic E-state index is 0.182. The monoisotopic (exact) mass is 257 g/mol. The van der Waals surface area contributed by atoms with E-state index in [-0.39, 0.29) is 12.6 Å². The Morgan fingerprint density at radius 3 is 2.53 bits per heavy atom. The molecule has 0 aromatic rings. The maximum absolute atomic E-state index is 12.5. The first-order chi connectivity index (χ1) is 7.83. The molecule has 0 bridgehead atoms. The van der Waals surface area contributed by atoms with Crippen molar-refractivity contribution in [1.82, 2.24) is 16.0 Å². The average molecular weight is 257 g/mol. The molecule has 1 amide bonds. The molecule has 0 aromatic heterocycles. The summed E-state index contributed by atoms with van der Waals surface area (Å²) in [6.45, 7) is 1.35. The Hall–Kier alpha value is -0.890. The second kappa shape index (κ2) is 5.63. The van der Waals surface area contributed by atoms with Gasteiger partial charge in [-0.2, -0.15) is 8.78 Å². The highest BCUT2D eigenvalue weighted by Gasteiger charge is 2.41. The van der Waals surface area contributed by atoms with E-state index in [4.69, 9.17) is 0 Å². The zero-order valence-corrected chi connectivity index (χ0v) is 9.27. The zero-order chi connectivity index (χ0) is 13.1. The molecule has 1 fully saturated rings. The van der Waals surface area contributed by atoms with Gasteiger partial charge in [0.25, 0.3) is 0 Å². The van der Waals surface area contributed by atoms with E-state index in [1.807, 2.05) is 12.2 Å². The molecule has 0 aromatic carbocycles. The molecule has 1 saturated heterocycles. The second-order valence-corrected chi connectivity index (χ2v) is 4.05. The third-order valence-corrected chi connectivity index (χ3v) is 2.47. The van der Waals surface area contributed by atoms with Crippen LogP contribution in [0.2, 0.25) is 0 Å². The average Bonchev–Trinajstić information content (AvgIpc) is 2.27. The summed E-state index contributed by atoms with van der Waals surface area (Å²) in [6.07, 6.45) is -3.78. The quantitative estimate of drug-likeness (QED) is 0.619. The Kier molecular flexibility index (Phi) is 4.70. The van der Waals surface area contributed by atoms with Gasteiger partial charge >= 0.3 is 12.3 Å². The van der Waals surface area contributed by atoms with Gasteiger partial charge in [0.05, 0.1) is 12.6 Å². The summed E-state index contributed by atoms with van der Waals surface area (Å²) in [5.41, 5.74) is 0. The van der Waals surface area contributed by atoms with Crippen molar-refractivity contribution in [2.75, 3.05) is 19.6 Å². The van der Waals surface area contributed by atoms with E-state index in [1.165, 1.54) is 0 Å². The number of rotatable bonds is 4. The highest BCUT2D eigenvalue weighted by Crippen LogP contribution is 2.21. The number of amides is 1. The van der Waals surface area contributed by atoms with Gasteiger partial charge in [0.15, 0.2) is 0 Å². The fraction of sp³-hybridized carbons (Fsp3) is 0.889. The molecule has 1 aliphatic heterocycles. The fourth-order valence-electron chi connectivity index (χ4n) is 1.37. The maximum atomic E-state index is 12.5. The molecule has 4 nitrogen and oxygen atoms in total. The van der Waals surface area contributed by atoms with Crippen LogP contribution in [0, 0.1) is 0 Å². The molecule has 2 unspecified atom stereocenters. The van der Waals surface area contributed by atoms with Crippen molar-refractivity contribution >= 4 is 5.91 Å². The predicted molar refractivity (Wildman–Crippen MR) is 53.2 cm³/mol. The molecular formula is C9H15F4N3O. The van der Waals surface area contributed by atoms with E-state index < -0.39 is 30.8 Å². The molecule has 3 N–H and O–H groups in total. The van der Waals surface area contributed by atoms with Gasteiger partial charge in [0.2, 0.25) is 5.91 Å². The van der Waals surface area contributed by atoms with Crippen molar-refractivity contribution in [1.29, 1.82) is 0 Å². The Morgan fingerprint density at radius 2 is 2.06 bits per heavy atom. The summed E-state index contributed by atoms with van der Waals surface area (Å²) in [4.78, 5) is 11.4. The van der Waals surface area contributed by atoms with Gasteiger partial charge in [-0.1, -0.05) is 0 Å². The highest BCUT2D eigenvalue weighted by atomic mass is 19.3. The topological polar surface area (TPSA) is 53.2 Å². The smallest absolute Gasteiger partial charge is 0.324 e. The van der Waals surface area contributed by atoms with E-state index in [1.54, 1.807) is 0 Å². The van der Waals surface area contributed by atoms with E-state index in [0.717, 1.165) is 0 Å². The molecule has 0 radical (unpaired) electrons. The SMILES string of the molecule is CC1CNC(C(=O)NCC(F)(F)C(F)F)CN1. The van der Waals surface area contributed by atoms with Crippen molar-refractivity contribution in [3.05, 3.63) is 0 Å². The minimum Gasteiger partial charge on any atom is -0.348 e. The van der Waals surface area contributed by atoms with Gasteiger partial charge in [-0.3, -0.25) is 4.79 Å². The van der Waals surface area contributed by atoms with Crippen LogP contribution >= 0.6 is 0 Å². The first kappa shape index (κ1) is 14.2. The molecule has 0 spiro atoms. The van der Waals surface area contributed by atoms with Crippen LogP contribution in [0.3, 0.4) is 0 Å². The van der Waals surface area contributed by atoms with Gasteiger partial charge in [-0.05, 0) is 6.92 Å². The minimum atomic E-state index is -4.19. The van der Waals surface area contributed by atoms with Crippen LogP contribution in [0.5, 0.6) is 0 Å². The Bertz CT molecular complexity index is 267. The van der Waals surface area contributed by atoms with Crippen LogP contribution in [0.4, 0.5) is 17.6 Å². The summed E-state index contributed by atoms with van der Waals surface area (Å²) >= 11 is 0. The number of carbonyl (C=O) groups excluding carboxylic acids is 1. The van der Waals surface area contributed by atoms with E-state index in [2.05, 4.69) is 10.6 Å². The second-order valence-electron chi connectivity index (χ2n) is 4.05. The van der Waals surface area contributed by atoms with Crippen molar-refractivity contribution in [2.24, 2.45) is 0 Å². The Morgan fingerprint density at radius 1 is 1.41 bits per heavy atom. The van der Waals surface area contributed by atoms with E-state index in [9.17, 15) is 22.4 Å². The molecule has 0 aliphatic carbocycles. The number of nitrogens with one attached hydrogen (secondary N) is 3. The number of alkyl halides is 4. The summed E-state index contributed by atoms with van der Waals surface area (Å²) in [7, 11) is 0. The van der Waals surface area contributed by atoms with E-state index in [0.29, 0.717) is 6.54 Å². The van der Waals surface area contributed by atoms with Gasteiger partial charge in [0.1, 0.15) is 0 Å². The lowest BCUT2D eigenvalue weighted by atomic mass is 10.1. The zero-order valence-electron chi connectivity index (χ0n) is 9.27. The number of piperazine rings is 1. The molecule has 1 rings (SSSR count). The summed E-state index contributed by atoms with van der Waals surface area (Å²) in [5, 5.41) is 7.62. The van der Waals surface area contributed by atoms with Crippen LogP contribution in [-0.4, -0.2) is 50.0 Å². The van der Waals surface area contributed by atoms with Gasteiger partial charge in [-0.25, -0.2) is 8.78 Å². The molecule has 1 heterocycles. The summed E-state index contributed by atoms with van der Waals surface area (Å²) < 4.78 is 48.7. The standard InChI is InChI=1S/C9H15F4N3O/c1-5-2-15-6(3-14-5)7(17)16-4-9(12,13)8(10)11/h5-6,8,14-15H,2-4H2,1H3,(H,16,17). The largest absolute Gasteiger partial charge is 0.348 e. The lowest BCUT2D eigenvalue weighted by Crippen LogP contribution is -2.59. The van der Waals surface area contributed by atoms with Crippen LogP contribution in [0.15, 0.2) is 0 Å². The third-order valence-electron chi connectivity index (χ3n) is 2.47. The fourth-order valence-corrected chi connectivity index (χ4v) is 1.37. The number of halogens is 4. The van der Waals surface area contributed by atoms with Gasteiger partial charge < -0.3 is 16.0 Å². The van der Waals surface area contributed by atoms with Crippen LogP contribution < -0.4 is 16.0 Å². The van der Waals surface area contributed by atoms with Crippen molar-refractivity contribution < 1.29 is 22.4 Å². The lowest BCUT2D eigenvalue weighted by Gasteiger charge is -2.28. The molecule has 0 saturated carbocycles. The van der Waals surface area contributed by atoms with Crippen molar-refractivity contribution in [2.45, 2.75) is 31.4 Å². The maximum Gasteiger partial charge on any atom is 0.324 e. The van der Waals surface area contributed by atoms with Gasteiger partial charge in [0, 0.05) is 19.1 Å². The van der Waals surface area contributed by atoms with Crippen molar-refractivity contribution in [3.63, 3.8) is 0 Å². The summed E-state index contributed by atoms with van der Waals surface area (Å²) in [6, 6.07) is -0.485. The molecule has 8 heteroatoms. The molecule has 100 valence electrons. The third kappa shape index (κ3) is 4.12. The first-order valence-corrected chi connectivity index (χ1v) is 5.23.